The second-order valence-electron chi connectivity index (χ2n) is 12.8. The Kier molecular flexibility index (Phi) is 5.25. The van der Waals surface area contributed by atoms with Crippen LogP contribution in [0.3, 0.4) is 0 Å². The highest BCUT2D eigenvalue weighted by Crippen LogP contribution is 2.71. The predicted octanol–water partition coefficient (Wildman–Crippen LogP) is 6.47. The molecule has 0 amide bonds. The van der Waals surface area contributed by atoms with Gasteiger partial charge in [0.1, 0.15) is 0 Å². The van der Waals surface area contributed by atoms with Crippen molar-refractivity contribution in [3.05, 3.63) is 65.8 Å². The largest absolute Gasteiger partial charge is 0.344 e. The first kappa shape index (κ1) is 24.1. The smallest absolute Gasteiger partial charge is 0.190 e. The first-order valence-corrected chi connectivity index (χ1v) is 13.6. The van der Waals surface area contributed by atoms with Crippen LogP contribution < -0.4 is 0 Å². The van der Waals surface area contributed by atoms with E-state index in [2.05, 4.69) is 20.4 Å². The Hall–Kier alpha value is -2.30. The molecule has 3 saturated carbocycles. The van der Waals surface area contributed by atoms with Crippen LogP contribution in [0.1, 0.15) is 71.8 Å². The van der Waals surface area contributed by atoms with Gasteiger partial charge in [0.25, 0.3) is 0 Å². The highest BCUT2D eigenvalue weighted by Gasteiger charge is 2.75. The van der Waals surface area contributed by atoms with Gasteiger partial charge in [-0.3, -0.25) is 9.59 Å². The van der Waals surface area contributed by atoms with Crippen molar-refractivity contribution in [3.63, 3.8) is 0 Å². The van der Waals surface area contributed by atoms with Crippen LogP contribution in [0.4, 0.5) is 0 Å². The van der Waals surface area contributed by atoms with E-state index in [4.69, 9.17) is 9.47 Å². The van der Waals surface area contributed by atoms with Crippen LogP contribution in [-0.2, 0) is 19.1 Å². The molecule has 4 heteroatoms. The van der Waals surface area contributed by atoms with Gasteiger partial charge in [-0.15, -0.1) is 0 Å². The lowest BCUT2D eigenvalue weighted by Gasteiger charge is -2.59. The highest BCUT2D eigenvalue weighted by atomic mass is 16.8. The van der Waals surface area contributed by atoms with Crippen molar-refractivity contribution in [3.8, 4) is 0 Å². The molecule has 0 aromatic heterocycles. The maximum Gasteiger partial charge on any atom is 0.190 e. The zero-order valence-corrected chi connectivity index (χ0v) is 22.0. The molecule has 1 aromatic rings. The highest BCUT2D eigenvalue weighted by molar-refractivity contribution is 6.02. The van der Waals surface area contributed by atoms with E-state index in [1.54, 1.807) is 6.08 Å². The van der Waals surface area contributed by atoms with Gasteiger partial charge in [-0.05, 0) is 92.4 Å². The molecule has 4 aliphatic carbocycles. The van der Waals surface area contributed by atoms with Crippen molar-refractivity contribution >= 4 is 17.6 Å². The minimum absolute atomic E-state index is 0.0156. The molecule has 4 nitrogen and oxygen atoms in total. The normalized spacial score (nSPS) is 42.9. The topological polar surface area (TPSA) is 52.6 Å². The second-order valence-corrected chi connectivity index (χ2v) is 12.8. The molecule has 6 rings (SSSR count). The Balaban J connectivity index is 1.39. The van der Waals surface area contributed by atoms with Gasteiger partial charge in [0.05, 0.1) is 6.10 Å². The molecule has 1 aliphatic heterocycles. The van der Waals surface area contributed by atoms with Crippen molar-refractivity contribution < 1.29 is 19.1 Å². The minimum atomic E-state index is -0.988. The number of rotatable bonds is 3. The van der Waals surface area contributed by atoms with Crippen molar-refractivity contribution in [2.75, 3.05) is 0 Å². The minimum Gasteiger partial charge on any atom is -0.344 e. The monoisotopic (exact) mass is 486 g/mol. The van der Waals surface area contributed by atoms with Gasteiger partial charge in [-0.2, -0.15) is 0 Å². The SMILES string of the molecule is C=C1CC2C(CCC3(C)C2CC2OC(C)(C)OC23C(=O)/C=C/c2ccccc2)C2(C)CCC(=O)C=C12. The van der Waals surface area contributed by atoms with Crippen LogP contribution in [-0.4, -0.2) is 29.1 Å². The maximum atomic E-state index is 14.2. The number of hydrogen-bond acceptors (Lipinski definition) is 4. The van der Waals surface area contributed by atoms with Crippen LogP contribution in [0, 0.1) is 28.6 Å². The van der Waals surface area contributed by atoms with Crippen molar-refractivity contribution in [2.45, 2.75) is 83.7 Å². The summed E-state index contributed by atoms with van der Waals surface area (Å²) in [5, 5.41) is 0. The maximum absolute atomic E-state index is 14.2. The van der Waals surface area contributed by atoms with E-state index in [-0.39, 0.29) is 28.5 Å². The summed E-state index contributed by atoms with van der Waals surface area (Å²) in [6.45, 7) is 13.0. The molecule has 0 N–H and O–H groups in total. The molecule has 190 valence electrons. The third kappa shape index (κ3) is 3.20. The van der Waals surface area contributed by atoms with Crippen molar-refractivity contribution in [1.29, 1.82) is 0 Å². The molecule has 0 bridgehead atoms. The van der Waals surface area contributed by atoms with E-state index in [0.29, 0.717) is 24.2 Å². The molecule has 4 fully saturated rings. The summed E-state index contributed by atoms with van der Waals surface area (Å²) in [6, 6.07) is 9.96. The summed E-state index contributed by atoms with van der Waals surface area (Å²) < 4.78 is 13.2. The summed E-state index contributed by atoms with van der Waals surface area (Å²) in [6.07, 6.45) is 10.4. The van der Waals surface area contributed by atoms with Crippen LogP contribution in [0.5, 0.6) is 0 Å². The van der Waals surface area contributed by atoms with Crippen LogP contribution in [0.2, 0.25) is 0 Å². The van der Waals surface area contributed by atoms with Gasteiger partial charge in [0.15, 0.2) is 23.0 Å². The Morgan fingerprint density at radius 2 is 1.83 bits per heavy atom. The molecule has 5 aliphatic rings. The lowest BCUT2D eigenvalue weighted by molar-refractivity contribution is -0.212. The van der Waals surface area contributed by atoms with E-state index in [1.165, 1.54) is 5.57 Å². The van der Waals surface area contributed by atoms with Crippen molar-refractivity contribution in [1.82, 2.24) is 0 Å². The Bertz CT molecular complexity index is 1190. The number of fused-ring (bicyclic) bond motifs is 7. The first-order valence-electron chi connectivity index (χ1n) is 13.6. The summed E-state index contributed by atoms with van der Waals surface area (Å²) in [7, 11) is 0. The van der Waals surface area contributed by atoms with E-state index in [9.17, 15) is 9.59 Å². The number of ketones is 2. The molecule has 0 radical (unpaired) electrons. The fourth-order valence-electron chi connectivity index (χ4n) is 8.96. The second kappa shape index (κ2) is 7.85. The van der Waals surface area contributed by atoms with Gasteiger partial charge in [-0.25, -0.2) is 0 Å². The molecular weight excluding hydrogens is 448 g/mol. The molecular formula is C32H38O4. The summed E-state index contributed by atoms with van der Waals surface area (Å²) in [4.78, 5) is 26.4. The molecule has 36 heavy (non-hydrogen) atoms. The lowest BCUT2D eigenvalue weighted by atomic mass is 9.45. The third-order valence-electron chi connectivity index (χ3n) is 10.5. The molecule has 7 atom stereocenters. The summed E-state index contributed by atoms with van der Waals surface area (Å²) in [5.74, 6) is 0.661. The van der Waals surface area contributed by atoms with Gasteiger partial charge in [-0.1, -0.05) is 62.4 Å². The quantitative estimate of drug-likeness (QED) is 0.460. The Labute approximate surface area is 214 Å². The number of hydrogen-bond donors (Lipinski definition) is 0. The number of benzene rings is 1. The van der Waals surface area contributed by atoms with E-state index < -0.39 is 11.4 Å². The molecule has 0 spiro atoms. The fraction of sp³-hybridized carbons (Fsp3) is 0.562. The van der Waals surface area contributed by atoms with Crippen LogP contribution in [0.15, 0.2) is 60.2 Å². The van der Waals surface area contributed by atoms with Gasteiger partial charge < -0.3 is 9.47 Å². The van der Waals surface area contributed by atoms with E-state index in [1.807, 2.05) is 56.3 Å². The Morgan fingerprint density at radius 3 is 2.58 bits per heavy atom. The predicted molar refractivity (Wildman–Crippen MR) is 140 cm³/mol. The molecule has 1 aromatic carbocycles. The molecule has 1 heterocycles. The van der Waals surface area contributed by atoms with Crippen molar-refractivity contribution in [2.24, 2.45) is 28.6 Å². The Morgan fingerprint density at radius 1 is 1.08 bits per heavy atom. The first-order chi connectivity index (χ1) is 17.0. The number of ether oxygens (including phenoxy) is 2. The number of carbonyl (C=O) groups is 2. The van der Waals surface area contributed by atoms with E-state index >= 15 is 0 Å². The van der Waals surface area contributed by atoms with Crippen LogP contribution >= 0.6 is 0 Å². The van der Waals surface area contributed by atoms with Gasteiger partial charge >= 0.3 is 0 Å². The van der Waals surface area contributed by atoms with Gasteiger partial charge in [0.2, 0.25) is 0 Å². The number of allylic oxidation sites excluding steroid dienone is 2. The van der Waals surface area contributed by atoms with E-state index in [0.717, 1.165) is 43.2 Å². The molecule has 7 unspecified atom stereocenters. The average molecular weight is 487 g/mol. The average Bonchev–Trinajstić information content (AvgIpc) is 3.25. The van der Waals surface area contributed by atoms with Gasteiger partial charge in [0, 0.05) is 11.8 Å². The lowest BCUT2D eigenvalue weighted by Crippen LogP contribution is -2.60. The fourth-order valence-corrected chi connectivity index (χ4v) is 8.96. The summed E-state index contributed by atoms with van der Waals surface area (Å²) >= 11 is 0. The third-order valence-corrected chi connectivity index (χ3v) is 10.5. The zero-order chi connectivity index (χ0) is 25.5. The number of carbonyl (C=O) groups excluding carboxylic acids is 2. The summed E-state index contributed by atoms with van der Waals surface area (Å²) in [5.41, 5.74) is 1.97. The molecule has 1 saturated heterocycles. The zero-order valence-electron chi connectivity index (χ0n) is 22.0. The standard InChI is InChI=1S/C32H38O4/c1-20-17-23-24(30(4)15-13-22(33)18-25(20)30)14-16-31(5)26(23)19-28-32(31,36-29(2,3)35-28)27(34)12-11-21-9-7-6-8-10-21/h6-12,18,23-24,26,28H,1,13-17,19H2,2-5H3/b12-11+. The van der Waals surface area contributed by atoms with Crippen LogP contribution in [0.25, 0.3) is 6.08 Å².